The van der Waals surface area contributed by atoms with E-state index in [1.807, 2.05) is 0 Å². The van der Waals surface area contributed by atoms with Crippen LogP contribution >= 0.6 is 0 Å². The molecular weight excluding hydrogens is 212 g/mol. The Morgan fingerprint density at radius 3 is 3.12 bits per heavy atom. The zero-order valence-corrected chi connectivity index (χ0v) is 10.8. The molecule has 1 aliphatic rings. The van der Waals surface area contributed by atoms with Crippen LogP contribution in [0.3, 0.4) is 0 Å². The summed E-state index contributed by atoms with van der Waals surface area (Å²) < 4.78 is 5.08. The normalized spacial score (nSPS) is 14.0. The van der Waals surface area contributed by atoms with E-state index in [1.165, 1.54) is 29.8 Å². The lowest BCUT2D eigenvalue weighted by Crippen LogP contribution is -2.20. The van der Waals surface area contributed by atoms with Crippen LogP contribution in [-0.4, -0.2) is 33.9 Å². The van der Waals surface area contributed by atoms with E-state index < -0.39 is 0 Å². The second kappa shape index (κ2) is 5.92. The minimum Gasteiger partial charge on any atom is -0.385 e. The molecule has 1 N–H and O–H groups in total. The molecule has 0 spiro atoms. The van der Waals surface area contributed by atoms with Crippen molar-refractivity contribution in [2.24, 2.45) is 0 Å². The SMILES string of the molecule is COCCCN(C)c1ccc2c(c1)CCCN2. The molecule has 94 valence electrons. The molecule has 17 heavy (non-hydrogen) atoms. The standard InChI is InChI=1S/C14H22N2O/c1-16(9-4-10-17-2)13-6-7-14-12(11-13)5-3-8-15-14/h6-7,11,15H,3-5,8-10H2,1-2H3. The van der Waals surface area contributed by atoms with Crippen molar-refractivity contribution < 1.29 is 4.74 Å². The van der Waals surface area contributed by atoms with Gasteiger partial charge in [-0.15, -0.1) is 0 Å². The third-order valence-electron chi connectivity index (χ3n) is 3.31. The lowest BCUT2D eigenvalue weighted by Gasteiger charge is -2.23. The summed E-state index contributed by atoms with van der Waals surface area (Å²) in [6, 6.07) is 6.72. The molecule has 3 nitrogen and oxygen atoms in total. The number of anilines is 2. The molecule has 0 fully saturated rings. The Morgan fingerprint density at radius 1 is 1.41 bits per heavy atom. The number of hydrogen-bond acceptors (Lipinski definition) is 3. The quantitative estimate of drug-likeness (QED) is 0.792. The average molecular weight is 234 g/mol. The van der Waals surface area contributed by atoms with Crippen molar-refractivity contribution in [3.63, 3.8) is 0 Å². The summed E-state index contributed by atoms with van der Waals surface area (Å²) in [4.78, 5) is 2.30. The predicted molar refractivity (Wildman–Crippen MR) is 73.0 cm³/mol. The zero-order valence-electron chi connectivity index (χ0n) is 10.8. The average Bonchev–Trinajstić information content (AvgIpc) is 2.38. The third-order valence-corrected chi connectivity index (χ3v) is 3.31. The van der Waals surface area contributed by atoms with Gasteiger partial charge >= 0.3 is 0 Å². The highest BCUT2D eigenvalue weighted by molar-refractivity contribution is 5.61. The first-order valence-corrected chi connectivity index (χ1v) is 6.38. The smallest absolute Gasteiger partial charge is 0.0479 e. The van der Waals surface area contributed by atoms with Gasteiger partial charge in [0.2, 0.25) is 0 Å². The van der Waals surface area contributed by atoms with Crippen LogP contribution in [-0.2, 0) is 11.2 Å². The second-order valence-electron chi connectivity index (χ2n) is 4.64. The van der Waals surface area contributed by atoms with Crippen molar-refractivity contribution in [2.75, 3.05) is 44.1 Å². The van der Waals surface area contributed by atoms with E-state index in [4.69, 9.17) is 4.74 Å². The molecule has 0 bridgehead atoms. The van der Waals surface area contributed by atoms with E-state index in [1.54, 1.807) is 7.11 Å². The first kappa shape index (κ1) is 12.2. The van der Waals surface area contributed by atoms with E-state index in [0.717, 1.165) is 26.1 Å². The van der Waals surface area contributed by atoms with Gasteiger partial charge in [-0.2, -0.15) is 0 Å². The Hall–Kier alpha value is -1.22. The summed E-state index contributed by atoms with van der Waals surface area (Å²) in [7, 11) is 3.90. The lowest BCUT2D eigenvalue weighted by molar-refractivity contribution is 0.196. The molecule has 1 aromatic rings. The van der Waals surface area contributed by atoms with Gasteiger partial charge in [0.15, 0.2) is 0 Å². The first-order chi connectivity index (χ1) is 8.31. The van der Waals surface area contributed by atoms with Crippen molar-refractivity contribution in [3.05, 3.63) is 23.8 Å². The molecule has 3 heteroatoms. The molecular formula is C14H22N2O. The summed E-state index contributed by atoms with van der Waals surface area (Å²) in [5, 5.41) is 3.44. The van der Waals surface area contributed by atoms with Crippen molar-refractivity contribution >= 4 is 11.4 Å². The number of methoxy groups -OCH3 is 1. The van der Waals surface area contributed by atoms with Gasteiger partial charge in [0.25, 0.3) is 0 Å². The molecule has 0 saturated carbocycles. The molecule has 1 aromatic carbocycles. The van der Waals surface area contributed by atoms with Gasteiger partial charge < -0.3 is 15.0 Å². The molecule has 0 aliphatic carbocycles. The highest BCUT2D eigenvalue weighted by Crippen LogP contribution is 2.26. The number of hydrogen-bond donors (Lipinski definition) is 1. The highest BCUT2D eigenvalue weighted by Gasteiger charge is 2.10. The topological polar surface area (TPSA) is 24.5 Å². The molecule has 1 aliphatic heterocycles. The first-order valence-electron chi connectivity index (χ1n) is 6.38. The van der Waals surface area contributed by atoms with Crippen LogP contribution in [0, 0.1) is 0 Å². The Morgan fingerprint density at radius 2 is 2.29 bits per heavy atom. The van der Waals surface area contributed by atoms with Gasteiger partial charge in [-0.05, 0) is 43.0 Å². The number of benzene rings is 1. The van der Waals surface area contributed by atoms with E-state index in [0.29, 0.717) is 0 Å². The number of nitrogens with one attached hydrogen (secondary N) is 1. The van der Waals surface area contributed by atoms with Crippen LogP contribution in [0.2, 0.25) is 0 Å². The van der Waals surface area contributed by atoms with E-state index in [2.05, 4.69) is 35.5 Å². The van der Waals surface area contributed by atoms with Crippen LogP contribution < -0.4 is 10.2 Å². The molecule has 0 unspecified atom stereocenters. The van der Waals surface area contributed by atoms with Gasteiger partial charge in [0.1, 0.15) is 0 Å². The van der Waals surface area contributed by atoms with Gasteiger partial charge in [0.05, 0.1) is 0 Å². The summed E-state index contributed by atoms with van der Waals surface area (Å²) in [6.45, 7) is 2.98. The molecule has 0 amide bonds. The molecule has 0 radical (unpaired) electrons. The summed E-state index contributed by atoms with van der Waals surface area (Å²) in [5.41, 5.74) is 4.07. The number of ether oxygens (including phenoxy) is 1. The molecule has 2 rings (SSSR count). The maximum atomic E-state index is 5.08. The third kappa shape index (κ3) is 3.13. The summed E-state index contributed by atoms with van der Waals surface area (Å²) in [6.07, 6.45) is 3.51. The Labute approximate surface area is 104 Å². The van der Waals surface area contributed by atoms with Gasteiger partial charge in [-0.25, -0.2) is 0 Å². The van der Waals surface area contributed by atoms with E-state index in [-0.39, 0.29) is 0 Å². The minimum absolute atomic E-state index is 0.830. The fraction of sp³-hybridized carbons (Fsp3) is 0.571. The maximum Gasteiger partial charge on any atom is 0.0479 e. The van der Waals surface area contributed by atoms with Crippen LogP contribution in [0.15, 0.2) is 18.2 Å². The summed E-state index contributed by atoms with van der Waals surface area (Å²) in [5.74, 6) is 0. The predicted octanol–water partition coefficient (Wildman–Crippen LogP) is 2.52. The number of aryl methyl sites for hydroxylation is 1. The largest absolute Gasteiger partial charge is 0.385 e. The molecule has 1 heterocycles. The van der Waals surface area contributed by atoms with Crippen LogP contribution in [0.25, 0.3) is 0 Å². The fourth-order valence-electron chi connectivity index (χ4n) is 2.27. The Bertz CT molecular complexity index is 365. The van der Waals surface area contributed by atoms with E-state index in [9.17, 15) is 0 Å². The Balaban J connectivity index is 2.00. The van der Waals surface area contributed by atoms with Gasteiger partial charge in [-0.1, -0.05) is 0 Å². The summed E-state index contributed by atoms with van der Waals surface area (Å²) >= 11 is 0. The second-order valence-corrected chi connectivity index (χ2v) is 4.64. The van der Waals surface area contributed by atoms with Crippen molar-refractivity contribution in [3.8, 4) is 0 Å². The van der Waals surface area contributed by atoms with Gasteiger partial charge in [0, 0.05) is 45.2 Å². The number of fused-ring (bicyclic) bond motifs is 1. The monoisotopic (exact) mass is 234 g/mol. The fourth-order valence-corrected chi connectivity index (χ4v) is 2.27. The van der Waals surface area contributed by atoms with Crippen molar-refractivity contribution in [2.45, 2.75) is 19.3 Å². The highest BCUT2D eigenvalue weighted by atomic mass is 16.5. The van der Waals surface area contributed by atoms with Crippen LogP contribution in [0.1, 0.15) is 18.4 Å². The number of nitrogens with zero attached hydrogens (tertiary/aromatic N) is 1. The minimum atomic E-state index is 0.830. The molecule has 0 atom stereocenters. The zero-order chi connectivity index (χ0) is 12.1. The molecule has 0 aromatic heterocycles. The van der Waals surface area contributed by atoms with Crippen LogP contribution in [0.4, 0.5) is 11.4 Å². The maximum absolute atomic E-state index is 5.08. The van der Waals surface area contributed by atoms with Gasteiger partial charge in [-0.3, -0.25) is 0 Å². The van der Waals surface area contributed by atoms with Crippen LogP contribution in [0.5, 0.6) is 0 Å². The van der Waals surface area contributed by atoms with Crippen molar-refractivity contribution in [1.82, 2.24) is 0 Å². The Kier molecular flexibility index (Phi) is 4.26. The number of rotatable bonds is 5. The molecule has 0 saturated heterocycles. The lowest BCUT2D eigenvalue weighted by atomic mass is 10.0. The van der Waals surface area contributed by atoms with Crippen molar-refractivity contribution in [1.29, 1.82) is 0 Å². The van der Waals surface area contributed by atoms with E-state index >= 15 is 0 Å².